The maximum Gasteiger partial charge on any atom is 0.407 e. The molecule has 1 aliphatic carbocycles. The average molecular weight is 756 g/mol. The third-order valence-electron chi connectivity index (χ3n) is 8.50. The zero-order valence-corrected chi connectivity index (χ0v) is 30.8. The highest BCUT2D eigenvalue weighted by Crippen LogP contribution is 2.44. The number of amides is 3. The van der Waals surface area contributed by atoms with E-state index in [0.717, 1.165) is 22.3 Å². The molecule has 3 atom stereocenters. The van der Waals surface area contributed by atoms with Crippen LogP contribution in [0.15, 0.2) is 48.5 Å². The SMILES string of the molecule is CC(C)[C@H](NC(=O)OCC1c2ccccc2-c2ccccc21)C(=O)N[C@@H](COCC(C)(C)CO)C(=O)N1CCC[C@@H](C(=O)OCC(Cl)(Cl)Cl)N1. The number of benzene rings is 2. The Morgan fingerprint density at radius 3 is 2.16 bits per heavy atom. The molecule has 2 aromatic carbocycles. The Labute approximate surface area is 307 Å². The topological polar surface area (TPSA) is 156 Å². The van der Waals surface area contributed by atoms with E-state index in [2.05, 4.69) is 16.1 Å². The van der Waals surface area contributed by atoms with Crippen LogP contribution in [0.4, 0.5) is 4.79 Å². The summed E-state index contributed by atoms with van der Waals surface area (Å²) in [7, 11) is 0. The Hall–Kier alpha value is -3.13. The number of esters is 1. The Bertz CT molecular complexity index is 1470. The van der Waals surface area contributed by atoms with Crippen LogP contribution in [0, 0.1) is 11.3 Å². The van der Waals surface area contributed by atoms with E-state index in [1.165, 1.54) is 5.01 Å². The van der Waals surface area contributed by atoms with Gasteiger partial charge in [-0.3, -0.25) is 19.4 Å². The molecule has 1 aliphatic heterocycles. The van der Waals surface area contributed by atoms with Gasteiger partial charge in [0.2, 0.25) is 9.70 Å². The molecule has 2 aromatic rings. The number of rotatable bonds is 14. The molecule has 0 bridgehead atoms. The van der Waals surface area contributed by atoms with Crippen LogP contribution in [0.5, 0.6) is 0 Å². The Kier molecular flexibility index (Phi) is 13.8. The molecule has 0 unspecified atom stereocenters. The van der Waals surface area contributed by atoms with E-state index in [1.54, 1.807) is 27.7 Å². The Morgan fingerprint density at radius 2 is 1.58 bits per heavy atom. The van der Waals surface area contributed by atoms with Crippen molar-refractivity contribution in [2.24, 2.45) is 11.3 Å². The average Bonchev–Trinajstić information content (AvgIpc) is 3.40. The predicted molar refractivity (Wildman–Crippen MR) is 190 cm³/mol. The van der Waals surface area contributed by atoms with Crippen molar-refractivity contribution >= 4 is 58.7 Å². The molecular formula is C35H45Cl3N4O8. The van der Waals surface area contributed by atoms with Crippen molar-refractivity contribution in [3.8, 4) is 11.1 Å². The molecule has 4 rings (SSSR count). The van der Waals surface area contributed by atoms with Crippen LogP contribution >= 0.6 is 34.8 Å². The molecule has 2 aliphatic rings. The first-order valence-electron chi connectivity index (χ1n) is 16.5. The molecule has 4 N–H and O–H groups in total. The fourth-order valence-corrected chi connectivity index (χ4v) is 5.96. The number of halogens is 3. The molecule has 1 fully saturated rings. The van der Waals surface area contributed by atoms with Crippen molar-refractivity contribution in [3.05, 3.63) is 59.7 Å². The second-order valence-corrected chi connectivity index (χ2v) is 16.1. The van der Waals surface area contributed by atoms with Gasteiger partial charge in [-0.2, -0.15) is 0 Å². The predicted octanol–water partition coefficient (Wildman–Crippen LogP) is 4.48. The lowest BCUT2D eigenvalue weighted by atomic mass is 9.96. The van der Waals surface area contributed by atoms with Gasteiger partial charge >= 0.3 is 12.1 Å². The monoisotopic (exact) mass is 754 g/mol. The number of alkyl carbamates (subject to hydrolysis) is 1. The first kappa shape index (κ1) is 39.7. The maximum atomic E-state index is 13.8. The molecule has 0 saturated carbocycles. The lowest BCUT2D eigenvalue weighted by Gasteiger charge is -2.35. The van der Waals surface area contributed by atoms with Crippen molar-refractivity contribution in [2.75, 3.05) is 39.6 Å². The van der Waals surface area contributed by atoms with Gasteiger partial charge < -0.3 is 30.0 Å². The number of ether oxygens (including phenoxy) is 3. The van der Waals surface area contributed by atoms with Gasteiger partial charge in [-0.05, 0) is 41.0 Å². The lowest BCUT2D eigenvalue weighted by molar-refractivity contribution is -0.153. The van der Waals surface area contributed by atoms with Crippen LogP contribution in [0.2, 0.25) is 0 Å². The summed E-state index contributed by atoms with van der Waals surface area (Å²) in [5.41, 5.74) is 6.52. The number of alkyl halides is 3. The fraction of sp³-hybridized carbons (Fsp3) is 0.543. The molecular weight excluding hydrogens is 711 g/mol. The van der Waals surface area contributed by atoms with Crippen molar-refractivity contribution in [1.82, 2.24) is 21.1 Å². The van der Waals surface area contributed by atoms with Gasteiger partial charge in [-0.25, -0.2) is 10.2 Å². The number of nitrogens with zero attached hydrogens (tertiary/aromatic N) is 1. The second kappa shape index (κ2) is 17.4. The summed E-state index contributed by atoms with van der Waals surface area (Å²) in [5, 5.41) is 16.3. The number of hydrazine groups is 1. The summed E-state index contributed by atoms with van der Waals surface area (Å²) in [6.07, 6.45) is 0.0298. The number of carbonyl (C=O) groups excluding carboxylic acids is 4. The maximum absolute atomic E-state index is 13.8. The number of hydrogen-bond donors (Lipinski definition) is 4. The van der Waals surface area contributed by atoms with Crippen LogP contribution in [-0.2, 0) is 28.6 Å². The van der Waals surface area contributed by atoms with E-state index in [4.69, 9.17) is 49.0 Å². The molecule has 15 heteroatoms. The molecule has 3 amide bonds. The number of aliphatic hydroxyl groups is 1. The van der Waals surface area contributed by atoms with Crippen LogP contribution in [0.3, 0.4) is 0 Å². The van der Waals surface area contributed by atoms with E-state index in [-0.39, 0.29) is 44.8 Å². The minimum absolute atomic E-state index is 0.0633. The van der Waals surface area contributed by atoms with Gasteiger partial charge in [-0.1, -0.05) is 111 Å². The number of hydrogen-bond acceptors (Lipinski definition) is 9. The van der Waals surface area contributed by atoms with E-state index in [9.17, 15) is 24.3 Å². The first-order valence-corrected chi connectivity index (χ1v) is 17.6. The van der Waals surface area contributed by atoms with E-state index >= 15 is 0 Å². The van der Waals surface area contributed by atoms with E-state index < -0.39 is 57.8 Å². The molecule has 0 spiro atoms. The van der Waals surface area contributed by atoms with Crippen LogP contribution in [0.25, 0.3) is 11.1 Å². The molecule has 0 radical (unpaired) electrons. The summed E-state index contributed by atoms with van der Waals surface area (Å²) in [6.45, 7) is 6.59. The molecule has 274 valence electrons. The highest BCUT2D eigenvalue weighted by molar-refractivity contribution is 6.67. The Balaban J connectivity index is 1.42. The molecule has 0 aromatic heterocycles. The van der Waals surface area contributed by atoms with Crippen molar-refractivity contribution in [2.45, 2.75) is 68.4 Å². The van der Waals surface area contributed by atoms with Gasteiger partial charge in [0.25, 0.3) is 5.91 Å². The summed E-state index contributed by atoms with van der Waals surface area (Å²) >= 11 is 17.1. The van der Waals surface area contributed by atoms with Gasteiger partial charge in [0.15, 0.2) is 0 Å². The zero-order chi connectivity index (χ0) is 36.6. The van der Waals surface area contributed by atoms with Crippen LogP contribution < -0.4 is 16.1 Å². The van der Waals surface area contributed by atoms with Crippen molar-refractivity contribution in [1.29, 1.82) is 0 Å². The van der Waals surface area contributed by atoms with Crippen LogP contribution in [-0.4, -0.2) is 95.5 Å². The van der Waals surface area contributed by atoms with Crippen molar-refractivity contribution in [3.63, 3.8) is 0 Å². The van der Waals surface area contributed by atoms with E-state index in [1.807, 2.05) is 48.5 Å². The molecule has 1 heterocycles. The van der Waals surface area contributed by atoms with Gasteiger partial charge in [0.1, 0.15) is 31.3 Å². The highest BCUT2D eigenvalue weighted by Gasteiger charge is 2.37. The fourth-order valence-electron chi connectivity index (χ4n) is 5.79. The van der Waals surface area contributed by atoms with Gasteiger partial charge in [0, 0.05) is 17.9 Å². The summed E-state index contributed by atoms with van der Waals surface area (Å²) in [5.74, 6) is -2.47. The number of nitrogens with one attached hydrogen (secondary N) is 3. The first-order chi connectivity index (χ1) is 23.6. The largest absolute Gasteiger partial charge is 0.460 e. The standard InChI is InChI=1S/C35H45Cl3N4O8/c1-21(2)29(40-33(47)49-16-26-24-12-7-5-10-22(24)23-11-6-8-13-25(23)26)30(44)39-28(17-48-19-34(3,4)18-43)31(45)42-15-9-14-27(41-42)32(46)50-20-35(36,37)38/h5-8,10-13,21,26-29,41,43H,9,14-20H2,1-4H3,(H,39,44)(H,40,47)/t27-,28-,29-/m0/s1. The van der Waals surface area contributed by atoms with Crippen molar-refractivity contribution < 1.29 is 38.5 Å². The molecule has 12 nitrogen and oxygen atoms in total. The second-order valence-electron chi connectivity index (χ2n) is 13.6. The summed E-state index contributed by atoms with van der Waals surface area (Å²) in [4.78, 5) is 53.3. The summed E-state index contributed by atoms with van der Waals surface area (Å²) in [6, 6.07) is 12.8. The third-order valence-corrected chi connectivity index (χ3v) is 8.83. The molecule has 1 saturated heterocycles. The van der Waals surface area contributed by atoms with Gasteiger partial charge in [0.05, 0.1) is 19.8 Å². The number of carbonyl (C=O) groups is 4. The minimum Gasteiger partial charge on any atom is -0.460 e. The Morgan fingerprint density at radius 1 is 0.960 bits per heavy atom. The van der Waals surface area contributed by atoms with Crippen LogP contribution in [0.1, 0.15) is 57.6 Å². The highest BCUT2D eigenvalue weighted by atomic mass is 35.6. The normalized spacial score (nSPS) is 17.4. The zero-order valence-electron chi connectivity index (χ0n) is 28.5. The smallest absolute Gasteiger partial charge is 0.407 e. The minimum atomic E-state index is -1.80. The lowest BCUT2D eigenvalue weighted by Crippen LogP contribution is -2.62. The summed E-state index contributed by atoms with van der Waals surface area (Å²) < 4.78 is 14.8. The third kappa shape index (κ3) is 10.7. The van der Waals surface area contributed by atoms with E-state index in [0.29, 0.717) is 12.8 Å². The molecule has 50 heavy (non-hydrogen) atoms. The van der Waals surface area contributed by atoms with Gasteiger partial charge in [-0.15, -0.1) is 0 Å². The number of fused-ring (bicyclic) bond motifs is 3. The number of aliphatic hydroxyl groups excluding tert-OH is 1. The quantitative estimate of drug-likeness (QED) is 0.161.